The fraction of sp³-hybridized carbons (Fsp3) is 0.929. The van der Waals surface area contributed by atoms with Crippen molar-refractivity contribution in [1.29, 1.82) is 0 Å². The van der Waals surface area contributed by atoms with Gasteiger partial charge in [-0.2, -0.15) is 0 Å². The highest BCUT2D eigenvalue weighted by molar-refractivity contribution is 5.25. The Morgan fingerprint density at radius 3 is 2.57 bits per heavy atom. The Morgan fingerprint density at radius 1 is 1.07 bits per heavy atom. The van der Waals surface area contributed by atoms with E-state index in [0.29, 0.717) is 22.9 Å². The third-order valence-electron chi connectivity index (χ3n) is 11.4. The van der Waals surface area contributed by atoms with Crippen molar-refractivity contribution in [2.75, 3.05) is 0 Å². The van der Waals surface area contributed by atoms with Gasteiger partial charge in [0.25, 0.3) is 0 Å². The number of aliphatic hydroxyl groups is 1. The maximum absolute atomic E-state index is 10.2. The molecule has 1 N–H and O–H groups in total. The molecule has 0 bridgehead atoms. The number of hydrogen-bond donors (Lipinski definition) is 1. The fourth-order valence-corrected chi connectivity index (χ4v) is 9.34. The van der Waals surface area contributed by atoms with Crippen LogP contribution in [0.3, 0.4) is 0 Å². The van der Waals surface area contributed by atoms with Crippen molar-refractivity contribution in [1.82, 2.24) is 0 Å². The van der Waals surface area contributed by atoms with Crippen LogP contribution in [0, 0.1) is 40.4 Å². The van der Waals surface area contributed by atoms with Crippen LogP contribution >= 0.6 is 0 Å². The Kier molecular flexibility index (Phi) is 5.26. The summed E-state index contributed by atoms with van der Waals surface area (Å²) in [5.41, 5.74) is 2.73. The maximum atomic E-state index is 10.2. The Morgan fingerprint density at radius 2 is 1.87 bits per heavy atom. The molecule has 0 aromatic heterocycles. The van der Waals surface area contributed by atoms with E-state index in [1.54, 1.807) is 5.57 Å². The van der Waals surface area contributed by atoms with Crippen LogP contribution in [0.25, 0.3) is 0 Å². The second-order valence-electron chi connectivity index (χ2n) is 12.6. The van der Waals surface area contributed by atoms with E-state index in [0.717, 1.165) is 36.5 Å². The predicted octanol–water partition coefficient (Wildman–Crippen LogP) is 6.91. The van der Waals surface area contributed by atoms with Crippen LogP contribution in [0.2, 0.25) is 0 Å². The van der Waals surface area contributed by atoms with Gasteiger partial charge in [-0.15, -0.1) is 0 Å². The standard InChI is InChI=1S/C28H46O2/c1-6-28(18(2)3)25(30-28)12-9-19-8-11-23-22-10-7-20-17-21(29)13-15-27(20,5)24(22)14-16-26(19,23)4/h7,18-19,21-25,29H,6,8-17H2,1-5H3. The molecule has 0 amide bonds. The van der Waals surface area contributed by atoms with Gasteiger partial charge >= 0.3 is 0 Å². The number of aliphatic hydroxyl groups excluding tert-OH is 1. The van der Waals surface area contributed by atoms with Crippen molar-refractivity contribution in [3.05, 3.63) is 11.6 Å². The van der Waals surface area contributed by atoms with Gasteiger partial charge in [-0.05, 0) is 111 Å². The van der Waals surface area contributed by atoms with E-state index in [1.165, 1.54) is 57.8 Å². The molecule has 5 aliphatic rings. The van der Waals surface area contributed by atoms with Crippen molar-refractivity contribution < 1.29 is 9.84 Å². The normalized spacial score (nSPS) is 52.4. The fourth-order valence-electron chi connectivity index (χ4n) is 9.34. The van der Waals surface area contributed by atoms with Gasteiger partial charge in [0, 0.05) is 0 Å². The summed E-state index contributed by atoms with van der Waals surface area (Å²) in [6.07, 6.45) is 17.1. The van der Waals surface area contributed by atoms with Crippen LogP contribution in [0.5, 0.6) is 0 Å². The average molecular weight is 415 g/mol. The second kappa shape index (κ2) is 7.34. The summed E-state index contributed by atoms with van der Waals surface area (Å²) < 4.78 is 6.28. The molecule has 2 nitrogen and oxygen atoms in total. The number of fused-ring (bicyclic) bond motifs is 5. The van der Waals surface area contributed by atoms with Gasteiger partial charge in [0.15, 0.2) is 0 Å². The molecule has 5 rings (SSSR count). The molecule has 30 heavy (non-hydrogen) atoms. The van der Waals surface area contributed by atoms with Crippen molar-refractivity contribution in [3.8, 4) is 0 Å². The van der Waals surface area contributed by atoms with Crippen molar-refractivity contribution in [2.45, 2.75) is 123 Å². The van der Waals surface area contributed by atoms with Gasteiger partial charge in [0.05, 0.1) is 17.8 Å². The Hall–Kier alpha value is -0.340. The van der Waals surface area contributed by atoms with Crippen LogP contribution in [0.1, 0.15) is 105 Å². The first-order chi connectivity index (χ1) is 14.2. The first-order valence-electron chi connectivity index (χ1n) is 13.3. The second-order valence-corrected chi connectivity index (χ2v) is 12.6. The molecule has 9 atom stereocenters. The van der Waals surface area contributed by atoms with E-state index in [2.05, 4.69) is 40.7 Å². The highest BCUT2D eigenvalue weighted by Crippen LogP contribution is 2.67. The molecule has 9 unspecified atom stereocenters. The van der Waals surface area contributed by atoms with Gasteiger partial charge in [-0.25, -0.2) is 0 Å². The number of rotatable bonds is 5. The van der Waals surface area contributed by atoms with Gasteiger partial charge in [0.2, 0.25) is 0 Å². The molecule has 0 radical (unpaired) electrons. The van der Waals surface area contributed by atoms with Gasteiger partial charge in [0.1, 0.15) is 0 Å². The Balaban J connectivity index is 1.28. The SMILES string of the molecule is CCC1(C(C)C)OC1CCC1CCC2C3CC=C4CC(O)CCC4(C)C3CCC12C. The first kappa shape index (κ1) is 21.5. The van der Waals surface area contributed by atoms with Crippen LogP contribution in [0.15, 0.2) is 11.6 Å². The number of epoxide rings is 1. The van der Waals surface area contributed by atoms with Crippen molar-refractivity contribution in [3.63, 3.8) is 0 Å². The summed E-state index contributed by atoms with van der Waals surface area (Å²) in [5, 5.41) is 10.2. The highest BCUT2D eigenvalue weighted by atomic mass is 16.6. The molecule has 1 saturated heterocycles. The molecule has 0 spiro atoms. The van der Waals surface area contributed by atoms with Gasteiger partial charge < -0.3 is 9.84 Å². The molecule has 1 aliphatic heterocycles. The van der Waals surface area contributed by atoms with E-state index in [9.17, 15) is 5.11 Å². The molecule has 4 aliphatic carbocycles. The average Bonchev–Trinajstić information content (AvgIpc) is 3.34. The monoisotopic (exact) mass is 414 g/mol. The molecular formula is C28H46O2. The number of allylic oxidation sites excluding steroid dienone is 1. The minimum atomic E-state index is -0.0867. The largest absolute Gasteiger partial charge is 0.393 e. The zero-order chi connectivity index (χ0) is 21.3. The lowest BCUT2D eigenvalue weighted by atomic mass is 9.47. The summed E-state index contributed by atoms with van der Waals surface area (Å²) in [5.74, 6) is 4.22. The predicted molar refractivity (Wildman–Crippen MR) is 123 cm³/mol. The van der Waals surface area contributed by atoms with Gasteiger partial charge in [-0.3, -0.25) is 0 Å². The third kappa shape index (κ3) is 3.02. The molecule has 3 saturated carbocycles. The Bertz CT molecular complexity index is 697. The minimum absolute atomic E-state index is 0.0867. The maximum Gasteiger partial charge on any atom is 0.0968 e. The zero-order valence-electron chi connectivity index (χ0n) is 20.3. The van der Waals surface area contributed by atoms with Crippen LogP contribution in [-0.2, 0) is 4.74 Å². The van der Waals surface area contributed by atoms with E-state index in [-0.39, 0.29) is 11.7 Å². The van der Waals surface area contributed by atoms with Gasteiger partial charge in [-0.1, -0.05) is 46.3 Å². The third-order valence-corrected chi connectivity index (χ3v) is 11.4. The van der Waals surface area contributed by atoms with Crippen molar-refractivity contribution >= 4 is 0 Å². The van der Waals surface area contributed by atoms with Crippen LogP contribution < -0.4 is 0 Å². The summed E-state index contributed by atoms with van der Waals surface area (Å²) in [6.45, 7) is 12.2. The summed E-state index contributed by atoms with van der Waals surface area (Å²) in [4.78, 5) is 0. The lowest BCUT2D eigenvalue weighted by Gasteiger charge is -2.58. The number of ether oxygens (including phenoxy) is 1. The molecule has 0 aromatic rings. The smallest absolute Gasteiger partial charge is 0.0968 e. The highest BCUT2D eigenvalue weighted by Gasteiger charge is 2.60. The Labute approximate surface area is 185 Å². The molecule has 170 valence electrons. The lowest BCUT2D eigenvalue weighted by Crippen LogP contribution is -2.50. The molecule has 1 heterocycles. The minimum Gasteiger partial charge on any atom is -0.393 e. The summed E-state index contributed by atoms with van der Waals surface area (Å²) >= 11 is 0. The van der Waals surface area contributed by atoms with Crippen molar-refractivity contribution in [2.24, 2.45) is 40.4 Å². The first-order valence-corrected chi connectivity index (χ1v) is 13.3. The molecule has 2 heteroatoms. The van der Waals surface area contributed by atoms with Crippen LogP contribution in [0.4, 0.5) is 0 Å². The molecule has 4 fully saturated rings. The van der Waals surface area contributed by atoms with E-state index in [1.807, 2.05) is 0 Å². The van der Waals surface area contributed by atoms with E-state index >= 15 is 0 Å². The molecule has 0 aromatic carbocycles. The molecular weight excluding hydrogens is 368 g/mol. The lowest BCUT2D eigenvalue weighted by molar-refractivity contribution is -0.0509. The van der Waals surface area contributed by atoms with E-state index in [4.69, 9.17) is 4.74 Å². The summed E-state index contributed by atoms with van der Waals surface area (Å²) in [6, 6.07) is 0. The van der Waals surface area contributed by atoms with Crippen LogP contribution in [-0.4, -0.2) is 22.9 Å². The quantitative estimate of drug-likeness (QED) is 0.391. The number of hydrogen-bond acceptors (Lipinski definition) is 2. The van der Waals surface area contributed by atoms with E-state index < -0.39 is 0 Å². The topological polar surface area (TPSA) is 32.8 Å². The summed E-state index contributed by atoms with van der Waals surface area (Å²) in [7, 11) is 0. The zero-order valence-corrected chi connectivity index (χ0v) is 20.3.